The maximum Gasteiger partial charge on any atom is 0.302 e. The molecule has 5 nitrogen and oxygen atoms in total. The number of aliphatic carboxylic acids is 1. The van der Waals surface area contributed by atoms with Crippen LogP contribution in [0.2, 0.25) is 0 Å². The highest BCUT2D eigenvalue weighted by molar-refractivity contribution is 5.66. The van der Waals surface area contributed by atoms with Crippen LogP contribution >= 0.6 is 0 Å². The molecule has 0 unspecified atom stereocenters. The molecule has 0 aromatic rings. The molecule has 170 valence electrons. The van der Waals surface area contributed by atoms with Crippen molar-refractivity contribution in [1.29, 1.82) is 0 Å². The van der Waals surface area contributed by atoms with Crippen LogP contribution in [0.1, 0.15) is 86.0 Å². The van der Waals surface area contributed by atoms with Gasteiger partial charge < -0.3 is 15.6 Å². The molecule has 5 heteroatoms. The van der Waals surface area contributed by atoms with Gasteiger partial charge in [0.25, 0.3) is 5.97 Å². The molecule has 0 aromatic heterocycles. The summed E-state index contributed by atoms with van der Waals surface area (Å²) < 4.78 is 5.54. The standard InChI is InChI=1S/C23H37NO2.C2H4O2/c1-5-15-7-9-18-17-8-6-16-12-21(26-14(2)25)20(24)13-23(16,4)19(17)10-11-22(15,18)3;1-2(3)4/h6,15,17-21H,5,7-13,24H2,1-4H3;1H3,(H,3,4)/t15-,17-,18+,19-,20+,21+,22-,23-;/m1./s1. The topological polar surface area (TPSA) is 89.6 Å². The molecule has 3 N–H and O–H groups in total. The first kappa shape index (κ1) is 23.3. The number of ether oxygens (including phenoxy) is 1. The molecule has 3 saturated carbocycles. The number of carbonyl (C=O) groups is 2. The van der Waals surface area contributed by atoms with Gasteiger partial charge in [-0.15, -0.1) is 0 Å². The maximum absolute atomic E-state index is 11.4. The fraction of sp³-hybridized carbons (Fsp3) is 0.840. The first-order valence-electron chi connectivity index (χ1n) is 11.8. The number of nitrogens with two attached hydrogens (primary N) is 1. The van der Waals surface area contributed by atoms with Crippen molar-refractivity contribution >= 4 is 11.9 Å². The SMILES string of the molecule is CC(=O)O.CC[C@@H]1CC[C@H]2[C@H]3CC=C4C[C@H](OC(C)=O)[C@@H](N)C[C@@]4(C)[C@@H]3CC[C@]12C. The predicted molar refractivity (Wildman–Crippen MR) is 118 cm³/mol. The molecule has 0 saturated heterocycles. The van der Waals surface area contributed by atoms with Crippen molar-refractivity contribution in [2.24, 2.45) is 40.2 Å². The normalized spacial score (nSPS) is 44.4. The molecule has 0 spiro atoms. The number of fused-ring (bicyclic) bond motifs is 5. The number of hydrogen-bond donors (Lipinski definition) is 2. The largest absolute Gasteiger partial charge is 0.481 e. The summed E-state index contributed by atoms with van der Waals surface area (Å²) in [4.78, 5) is 20.4. The van der Waals surface area contributed by atoms with Gasteiger partial charge in [0.1, 0.15) is 6.10 Å². The summed E-state index contributed by atoms with van der Waals surface area (Å²) in [6.45, 7) is 10.0. The first-order valence-corrected chi connectivity index (χ1v) is 11.8. The summed E-state index contributed by atoms with van der Waals surface area (Å²) >= 11 is 0. The Labute approximate surface area is 181 Å². The van der Waals surface area contributed by atoms with Crippen LogP contribution in [0.15, 0.2) is 11.6 Å². The van der Waals surface area contributed by atoms with Crippen LogP contribution in [0, 0.1) is 34.5 Å². The fourth-order valence-corrected chi connectivity index (χ4v) is 7.87. The van der Waals surface area contributed by atoms with Crippen LogP contribution < -0.4 is 5.73 Å². The van der Waals surface area contributed by atoms with Crippen LogP contribution in [0.4, 0.5) is 0 Å². The van der Waals surface area contributed by atoms with Crippen LogP contribution in [0.5, 0.6) is 0 Å². The van der Waals surface area contributed by atoms with Gasteiger partial charge in [-0.05, 0) is 73.0 Å². The number of carboxylic acids is 1. The highest BCUT2D eigenvalue weighted by Crippen LogP contribution is 2.66. The van der Waals surface area contributed by atoms with E-state index < -0.39 is 5.97 Å². The van der Waals surface area contributed by atoms with Gasteiger partial charge in [0.05, 0.1) is 0 Å². The van der Waals surface area contributed by atoms with Crippen LogP contribution in [0.3, 0.4) is 0 Å². The van der Waals surface area contributed by atoms with E-state index in [1.807, 2.05) is 0 Å². The van der Waals surface area contributed by atoms with Crippen LogP contribution in [-0.4, -0.2) is 29.2 Å². The van der Waals surface area contributed by atoms with Gasteiger partial charge in [-0.3, -0.25) is 9.59 Å². The number of allylic oxidation sites excluding steroid dienone is 1. The first-order chi connectivity index (χ1) is 14.0. The summed E-state index contributed by atoms with van der Waals surface area (Å²) in [6, 6.07) is -0.0277. The Morgan fingerprint density at radius 3 is 2.47 bits per heavy atom. The van der Waals surface area contributed by atoms with Gasteiger partial charge in [-0.25, -0.2) is 0 Å². The summed E-state index contributed by atoms with van der Waals surface area (Å²) in [5.41, 5.74) is 8.82. The van der Waals surface area contributed by atoms with Crippen molar-refractivity contribution in [3.63, 3.8) is 0 Å². The Morgan fingerprint density at radius 2 is 1.87 bits per heavy atom. The Balaban J connectivity index is 0.000000589. The van der Waals surface area contributed by atoms with Crippen molar-refractivity contribution in [1.82, 2.24) is 0 Å². The Kier molecular flexibility index (Phi) is 6.71. The quantitative estimate of drug-likeness (QED) is 0.489. The fourth-order valence-electron chi connectivity index (χ4n) is 7.87. The van der Waals surface area contributed by atoms with E-state index in [2.05, 4.69) is 26.8 Å². The molecule has 8 atom stereocenters. The van der Waals surface area contributed by atoms with Crippen molar-refractivity contribution < 1.29 is 19.4 Å². The third-order valence-electron chi connectivity index (χ3n) is 9.19. The summed E-state index contributed by atoms with van der Waals surface area (Å²) in [5, 5.41) is 7.42. The molecular formula is C25H41NO4. The average Bonchev–Trinajstić information content (AvgIpc) is 2.98. The van der Waals surface area contributed by atoms with Gasteiger partial charge in [0.15, 0.2) is 0 Å². The van der Waals surface area contributed by atoms with Gasteiger partial charge in [-0.1, -0.05) is 38.8 Å². The highest BCUT2D eigenvalue weighted by Gasteiger charge is 2.59. The lowest BCUT2D eigenvalue weighted by Crippen LogP contribution is -2.55. The molecule has 3 fully saturated rings. The van der Waals surface area contributed by atoms with E-state index in [4.69, 9.17) is 20.4 Å². The van der Waals surface area contributed by atoms with Crippen molar-refractivity contribution in [2.45, 2.75) is 98.1 Å². The van der Waals surface area contributed by atoms with Crippen LogP contribution in [-0.2, 0) is 14.3 Å². The molecular weight excluding hydrogens is 378 g/mol. The van der Waals surface area contributed by atoms with E-state index in [-0.39, 0.29) is 23.5 Å². The lowest BCUT2D eigenvalue weighted by atomic mass is 9.47. The van der Waals surface area contributed by atoms with Crippen molar-refractivity contribution in [3.05, 3.63) is 11.6 Å². The molecule has 4 aliphatic rings. The predicted octanol–water partition coefficient (Wildman–Crippen LogP) is 4.94. The van der Waals surface area contributed by atoms with Gasteiger partial charge in [0, 0.05) is 26.3 Å². The van der Waals surface area contributed by atoms with E-state index >= 15 is 0 Å². The zero-order chi connectivity index (χ0) is 22.3. The second-order valence-corrected chi connectivity index (χ2v) is 10.7. The molecule has 0 aromatic carbocycles. The van der Waals surface area contributed by atoms with E-state index in [9.17, 15) is 4.79 Å². The molecule has 4 rings (SSSR count). The zero-order valence-electron chi connectivity index (χ0n) is 19.4. The van der Waals surface area contributed by atoms with Gasteiger partial charge >= 0.3 is 5.97 Å². The van der Waals surface area contributed by atoms with Crippen molar-refractivity contribution in [2.75, 3.05) is 0 Å². The smallest absolute Gasteiger partial charge is 0.302 e. The molecule has 0 radical (unpaired) electrons. The molecule has 0 amide bonds. The van der Waals surface area contributed by atoms with Crippen molar-refractivity contribution in [3.8, 4) is 0 Å². The summed E-state index contributed by atoms with van der Waals surface area (Å²) in [5.74, 6) is 2.38. The number of carbonyl (C=O) groups excluding carboxylic acids is 1. The number of rotatable bonds is 2. The summed E-state index contributed by atoms with van der Waals surface area (Å²) in [7, 11) is 0. The zero-order valence-corrected chi connectivity index (χ0v) is 19.4. The van der Waals surface area contributed by atoms with E-state index in [0.717, 1.165) is 43.4 Å². The van der Waals surface area contributed by atoms with E-state index in [1.54, 1.807) is 0 Å². The molecule has 4 aliphatic carbocycles. The Morgan fingerprint density at radius 1 is 1.20 bits per heavy atom. The average molecular weight is 420 g/mol. The number of esters is 1. The third-order valence-corrected chi connectivity index (χ3v) is 9.19. The Hall–Kier alpha value is -1.36. The van der Waals surface area contributed by atoms with E-state index in [1.165, 1.54) is 51.0 Å². The number of hydrogen-bond acceptors (Lipinski definition) is 4. The third kappa shape index (κ3) is 4.06. The summed E-state index contributed by atoms with van der Waals surface area (Å²) in [6.07, 6.45) is 12.4. The van der Waals surface area contributed by atoms with Gasteiger partial charge in [-0.2, -0.15) is 0 Å². The lowest BCUT2D eigenvalue weighted by molar-refractivity contribution is -0.150. The highest BCUT2D eigenvalue weighted by atomic mass is 16.5. The van der Waals surface area contributed by atoms with E-state index in [0.29, 0.717) is 5.41 Å². The molecule has 0 bridgehead atoms. The van der Waals surface area contributed by atoms with Crippen LogP contribution in [0.25, 0.3) is 0 Å². The van der Waals surface area contributed by atoms with Gasteiger partial charge in [0.2, 0.25) is 0 Å². The molecule has 0 aliphatic heterocycles. The maximum atomic E-state index is 11.4. The minimum absolute atomic E-state index is 0.0277. The minimum Gasteiger partial charge on any atom is -0.481 e. The lowest BCUT2D eigenvalue weighted by Gasteiger charge is -2.59. The Bertz CT molecular complexity index is 699. The minimum atomic E-state index is -0.833. The monoisotopic (exact) mass is 419 g/mol. The second-order valence-electron chi connectivity index (χ2n) is 10.7. The molecule has 30 heavy (non-hydrogen) atoms. The number of carboxylic acid groups (broad SMARTS) is 1. The molecule has 0 heterocycles. The second kappa shape index (κ2) is 8.64.